The van der Waals surface area contributed by atoms with E-state index in [-0.39, 0.29) is 5.97 Å². The van der Waals surface area contributed by atoms with Crippen LogP contribution < -0.4 is 4.74 Å². The highest BCUT2D eigenvalue weighted by atomic mass is 16.5. The van der Waals surface area contributed by atoms with Crippen LogP contribution in [0.1, 0.15) is 116 Å². The number of carbonyl (C=O) groups excluding carboxylic acids is 1. The fraction of sp³-hybridized carbons (Fsp3) is 0.818. The van der Waals surface area contributed by atoms with Gasteiger partial charge >= 0.3 is 12.0 Å². The number of unbranched alkanes of at least 4 members (excludes halogenated alkanes) is 15. The lowest BCUT2D eigenvalue weighted by Gasteiger charge is -2.03. The van der Waals surface area contributed by atoms with Crippen molar-refractivity contribution in [2.45, 2.75) is 116 Å². The third kappa shape index (κ3) is 13.9. The molecule has 0 saturated heterocycles. The van der Waals surface area contributed by atoms with E-state index in [2.05, 4.69) is 16.9 Å². The first-order valence-corrected chi connectivity index (χ1v) is 11.0. The molecule has 0 atom stereocenters. The van der Waals surface area contributed by atoms with Crippen LogP contribution in [0.5, 0.6) is 6.01 Å². The number of H-pyrrole nitrogens is 1. The minimum Gasteiger partial charge on any atom is -0.392 e. The number of aromatic nitrogens is 2. The molecule has 0 bridgehead atoms. The Morgan fingerprint density at radius 3 is 1.69 bits per heavy atom. The molecule has 150 valence electrons. The maximum Gasteiger partial charge on any atom is 0.313 e. The molecule has 0 amide bonds. The number of rotatable bonds is 18. The van der Waals surface area contributed by atoms with Crippen molar-refractivity contribution in [1.29, 1.82) is 0 Å². The molecule has 1 N–H and O–H groups in total. The Hall–Kier alpha value is -1.32. The molecule has 1 aromatic rings. The Balaban J connectivity index is 1.72. The van der Waals surface area contributed by atoms with Gasteiger partial charge in [0.2, 0.25) is 0 Å². The lowest BCUT2D eigenvalue weighted by molar-refractivity contribution is -0.135. The van der Waals surface area contributed by atoms with Crippen LogP contribution in [0.4, 0.5) is 0 Å². The number of imidazole rings is 1. The molecule has 0 fully saturated rings. The lowest BCUT2D eigenvalue weighted by atomic mass is 10.0. The number of hydrogen-bond donors (Lipinski definition) is 1. The highest BCUT2D eigenvalue weighted by Crippen LogP contribution is 2.14. The molecular formula is C22H40N2O2. The molecule has 0 saturated carbocycles. The summed E-state index contributed by atoms with van der Waals surface area (Å²) < 4.78 is 5.07. The Bertz CT molecular complexity index is 418. The zero-order valence-electron chi connectivity index (χ0n) is 16.9. The van der Waals surface area contributed by atoms with Crippen molar-refractivity contribution in [1.82, 2.24) is 9.97 Å². The van der Waals surface area contributed by atoms with E-state index in [1.54, 1.807) is 12.4 Å². The van der Waals surface area contributed by atoms with E-state index in [9.17, 15) is 4.79 Å². The topological polar surface area (TPSA) is 55.0 Å². The second kappa shape index (κ2) is 17.1. The highest BCUT2D eigenvalue weighted by Gasteiger charge is 2.05. The van der Waals surface area contributed by atoms with Crippen molar-refractivity contribution in [3.8, 4) is 6.01 Å². The predicted octanol–water partition coefficient (Wildman–Crippen LogP) is 6.97. The minimum atomic E-state index is -0.190. The fourth-order valence-electron chi connectivity index (χ4n) is 3.28. The van der Waals surface area contributed by atoms with Gasteiger partial charge < -0.3 is 9.72 Å². The summed E-state index contributed by atoms with van der Waals surface area (Å²) in [5, 5.41) is 0. The van der Waals surface area contributed by atoms with E-state index in [1.807, 2.05) is 0 Å². The van der Waals surface area contributed by atoms with Gasteiger partial charge in [0, 0.05) is 18.8 Å². The molecular weight excluding hydrogens is 324 g/mol. The first-order valence-electron chi connectivity index (χ1n) is 11.0. The molecule has 1 heterocycles. The Morgan fingerprint density at radius 2 is 1.27 bits per heavy atom. The van der Waals surface area contributed by atoms with E-state index < -0.39 is 0 Å². The molecule has 0 aromatic carbocycles. The van der Waals surface area contributed by atoms with E-state index in [0.717, 1.165) is 12.8 Å². The van der Waals surface area contributed by atoms with Gasteiger partial charge in [-0.3, -0.25) is 4.79 Å². The third-order valence-corrected chi connectivity index (χ3v) is 4.92. The van der Waals surface area contributed by atoms with Gasteiger partial charge in [-0.25, -0.2) is 4.98 Å². The average Bonchev–Trinajstić information content (AvgIpc) is 3.14. The van der Waals surface area contributed by atoms with E-state index in [0.29, 0.717) is 12.4 Å². The lowest BCUT2D eigenvalue weighted by Crippen LogP contribution is -2.08. The summed E-state index contributed by atoms with van der Waals surface area (Å²) in [4.78, 5) is 18.2. The van der Waals surface area contributed by atoms with E-state index >= 15 is 0 Å². The van der Waals surface area contributed by atoms with Crippen molar-refractivity contribution >= 4 is 5.97 Å². The van der Waals surface area contributed by atoms with Crippen LogP contribution in [-0.4, -0.2) is 15.9 Å². The Labute approximate surface area is 160 Å². The van der Waals surface area contributed by atoms with Gasteiger partial charge in [0.1, 0.15) is 0 Å². The van der Waals surface area contributed by atoms with Crippen molar-refractivity contribution in [3.05, 3.63) is 12.4 Å². The Morgan fingerprint density at radius 1 is 0.808 bits per heavy atom. The van der Waals surface area contributed by atoms with Crippen LogP contribution in [-0.2, 0) is 4.79 Å². The van der Waals surface area contributed by atoms with E-state index in [4.69, 9.17) is 4.74 Å². The molecule has 1 rings (SSSR count). The normalized spacial score (nSPS) is 11.0. The zero-order valence-corrected chi connectivity index (χ0v) is 16.9. The van der Waals surface area contributed by atoms with Crippen LogP contribution in [0.15, 0.2) is 12.4 Å². The fourth-order valence-corrected chi connectivity index (χ4v) is 3.28. The SMILES string of the molecule is CCCCCCCCCCCCCCCCCCC(=O)Oc1ncc[nH]1. The molecule has 0 aliphatic rings. The summed E-state index contributed by atoms with van der Waals surface area (Å²) in [6.45, 7) is 2.28. The standard InChI is InChI=1S/C22H40N2O2/c1-2-3-4-5-6-7-8-9-10-11-12-13-14-15-16-17-18-21(25)26-22-23-19-20-24-22/h19-20H,2-18H2,1H3,(H,23,24). The Kier molecular flexibility index (Phi) is 15.0. The summed E-state index contributed by atoms with van der Waals surface area (Å²) in [7, 11) is 0. The smallest absolute Gasteiger partial charge is 0.313 e. The highest BCUT2D eigenvalue weighted by molar-refractivity contribution is 5.71. The zero-order chi connectivity index (χ0) is 18.7. The number of hydrogen-bond acceptors (Lipinski definition) is 3. The van der Waals surface area contributed by atoms with Crippen LogP contribution in [0, 0.1) is 0 Å². The van der Waals surface area contributed by atoms with Crippen LogP contribution in [0.3, 0.4) is 0 Å². The minimum absolute atomic E-state index is 0.190. The van der Waals surface area contributed by atoms with Crippen LogP contribution in [0.25, 0.3) is 0 Å². The maximum atomic E-state index is 11.6. The van der Waals surface area contributed by atoms with Crippen LogP contribution >= 0.6 is 0 Å². The summed E-state index contributed by atoms with van der Waals surface area (Å²) in [6.07, 6.45) is 25.1. The molecule has 26 heavy (non-hydrogen) atoms. The van der Waals surface area contributed by atoms with Crippen molar-refractivity contribution in [2.75, 3.05) is 0 Å². The second-order valence-electron chi connectivity index (χ2n) is 7.42. The molecule has 4 nitrogen and oxygen atoms in total. The van der Waals surface area contributed by atoms with Crippen molar-refractivity contribution < 1.29 is 9.53 Å². The van der Waals surface area contributed by atoms with Crippen LogP contribution in [0.2, 0.25) is 0 Å². The molecule has 4 heteroatoms. The van der Waals surface area contributed by atoms with Gasteiger partial charge in [-0.2, -0.15) is 0 Å². The van der Waals surface area contributed by atoms with Crippen molar-refractivity contribution in [3.63, 3.8) is 0 Å². The summed E-state index contributed by atoms with van der Waals surface area (Å²) in [5.41, 5.74) is 0. The number of nitrogens with one attached hydrogen (secondary N) is 1. The number of carbonyl (C=O) groups is 1. The number of ether oxygens (including phenoxy) is 1. The molecule has 1 aromatic heterocycles. The quantitative estimate of drug-likeness (QED) is 0.226. The summed E-state index contributed by atoms with van der Waals surface area (Å²) in [6, 6.07) is 0.298. The monoisotopic (exact) mass is 364 g/mol. The first kappa shape index (κ1) is 22.7. The largest absolute Gasteiger partial charge is 0.392 e. The number of esters is 1. The van der Waals surface area contributed by atoms with Crippen molar-refractivity contribution in [2.24, 2.45) is 0 Å². The van der Waals surface area contributed by atoms with E-state index in [1.165, 1.54) is 89.9 Å². The molecule has 0 unspecified atom stereocenters. The molecule has 0 spiro atoms. The molecule has 0 radical (unpaired) electrons. The first-order chi connectivity index (χ1) is 12.8. The van der Waals surface area contributed by atoms with Gasteiger partial charge in [0.25, 0.3) is 0 Å². The predicted molar refractivity (Wildman–Crippen MR) is 108 cm³/mol. The van der Waals surface area contributed by atoms with Gasteiger partial charge in [-0.15, -0.1) is 0 Å². The van der Waals surface area contributed by atoms with Gasteiger partial charge in [-0.05, 0) is 6.42 Å². The summed E-state index contributed by atoms with van der Waals surface area (Å²) in [5.74, 6) is -0.190. The summed E-state index contributed by atoms with van der Waals surface area (Å²) >= 11 is 0. The third-order valence-electron chi connectivity index (χ3n) is 4.92. The van der Waals surface area contributed by atoms with Gasteiger partial charge in [0.15, 0.2) is 0 Å². The number of nitrogens with zero attached hydrogens (tertiary/aromatic N) is 1. The maximum absolute atomic E-state index is 11.6. The molecule has 0 aliphatic carbocycles. The average molecular weight is 365 g/mol. The van der Waals surface area contributed by atoms with Gasteiger partial charge in [0.05, 0.1) is 0 Å². The second-order valence-corrected chi connectivity index (χ2v) is 7.42. The molecule has 0 aliphatic heterocycles. The van der Waals surface area contributed by atoms with Gasteiger partial charge in [-0.1, -0.05) is 103 Å². The number of aromatic amines is 1.